The first kappa shape index (κ1) is 24.4. The maximum Gasteiger partial charge on any atom is 0.266 e. The monoisotopic (exact) mass is 488 g/mol. The summed E-state index contributed by atoms with van der Waals surface area (Å²) in [6.45, 7) is 5.37. The van der Waals surface area contributed by atoms with Crippen LogP contribution in [0.1, 0.15) is 25.0 Å². The molecule has 1 aliphatic heterocycles. The number of nitrogens with zero attached hydrogens (tertiary/aromatic N) is 2. The van der Waals surface area contributed by atoms with Crippen LogP contribution in [0.2, 0.25) is 0 Å². The quantitative estimate of drug-likeness (QED) is 0.331. The van der Waals surface area contributed by atoms with Gasteiger partial charge in [-0.3, -0.25) is 9.69 Å². The Balaban J connectivity index is 1.55. The van der Waals surface area contributed by atoms with Gasteiger partial charge in [-0.25, -0.2) is 4.99 Å². The Hall–Kier alpha value is -3.71. The van der Waals surface area contributed by atoms with Crippen LogP contribution in [-0.4, -0.2) is 36.2 Å². The van der Waals surface area contributed by atoms with Crippen LogP contribution in [0.25, 0.3) is 6.08 Å². The summed E-state index contributed by atoms with van der Waals surface area (Å²) in [5, 5.41) is 0.654. The zero-order valence-electron chi connectivity index (χ0n) is 20.1. The van der Waals surface area contributed by atoms with Gasteiger partial charge in [-0.2, -0.15) is 0 Å². The average molecular weight is 489 g/mol. The first-order valence-corrected chi connectivity index (χ1v) is 12.3. The van der Waals surface area contributed by atoms with E-state index in [4.69, 9.17) is 14.2 Å². The number of ether oxygens (including phenoxy) is 3. The fourth-order valence-corrected chi connectivity index (χ4v) is 4.59. The number of methoxy groups -OCH3 is 1. The topological polar surface area (TPSA) is 60.4 Å². The van der Waals surface area contributed by atoms with E-state index in [-0.39, 0.29) is 5.91 Å². The highest BCUT2D eigenvalue weighted by molar-refractivity contribution is 8.18. The van der Waals surface area contributed by atoms with E-state index < -0.39 is 0 Å². The van der Waals surface area contributed by atoms with Gasteiger partial charge < -0.3 is 14.2 Å². The number of hydrogen-bond donors (Lipinski definition) is 0. The van der Waals surface area contributed by atoms with Crippen molar-refractivity contribution >= 4 is 34.6 Å². The fourth-order valence-electron chi connectivity index (χ4n) is 3.53. The van der Waals surface area contributed by atoms with Crippen LogP contribution in [0.3, 0.4) is 0 Å². The summed E-state index contributed by atoms with van der Waals surface area (Å²) in [6, 6.07) is 23.1. The SMILES string of the molecule is CCOc1cc(/C=C2/SC(=Nc3ccc(OC)cc3)N(CC)C2=O)ccc1OCc1ccccc1. The van der Waals surface area contributed by atoms with Crippen LogP contribution in [0, 0.1) is 0 Å². The van der Waals surface area contributed by atoms with Crippen LogP contribution in [0.4, 0.5) is 5.69 Å². The van der Waals surface area contributed by atoms with Gasteiger partial charge in [0, 0.05) is 6.54 Å². The Kier molecular flexibility index (Phi) is 8.11. The number of hydrogen-bond acceptors (Lipinski definition) is 6. The van der Waals surface area contributed by atoms with Gasteiger partial charge in [-0.05, 0) is 79.2 Å². The molecule has 0 N–H and O–H groups in total. The van der Waals surface area contributed by atoms with E-state index in [1.165, 1.54) is 11.8 Å². The van der Waals surface area contributed by atoms with Crippen LogP contribution in [0.5, 0.6) is 17.2 Å². The third-order valence-electron chi connectivity index (χ3n) is 5.30. The Labute approximate surface area is 210 Å². The number of carbonyl (C=O) groups excluding carboxylic acids is 1. The maximum absolute atomic E-state index is 13.1. The summed E-state index contributed by atoms with van der Waals surface area (Å²) >= 11 is 1.37. The second-order valence-electron chi connectivity index (χ2n) is 7.67. The first-order valence-electron chi connectivity index (χ1n) is 11.5. The molecule has 4 rings (SSSR count). The Morgan fingerprint density at radius 2 is 1.71 bits per heavy atom. The van der Waals surface area contributed by atoms with Crippen molar-refractivity contribution < 1.29 is 19.0 Å². The molecule has 7 heteroatoms. The van der Waals surface area contributed by atoms with Gasteiger partial charge in [0.25, 0.3) is 5.91 Å². The highest BCUT2D eigenvalue weighted by Gasteiger charge is 2.32. The summed E-state index contributed by atoms with van der Waals surface area (Å²) in [5.74, 6) is 2.01. The van der Waals surface area contributed by atoms with Crippen molar-refractivity contribution in [2.75, 3.05) is 20.3 Å². The molecule has 0 radical (unpaired) electrons. The minimum Gasteiger partial charge on any atom is -0.497 e. The summed E-state index contributed by atoms with van der Waals surface area (Å²) in [7, 11) is 1.63. The molecule has 1 amide bonds. The van der Waals surface area contributed by atoms with E-state index in [1.54, 1.807) is 12.0 Å². The van der Waals surface area contributed by atoms with Crippen LogP contribution < -0.4 is 14.2 Å². The van der Waals surface area contributed by atoms with Gasteiger partial charge in [-0.15, -0.1) is 0 Å². The van der Waals surface area contributed by atoms with Crippen molar-refractivity contribution in [3.05, 3.63) is 88.8 Å². The third-order valence-corrected chi connectivity index (χ3v) is 6.31. The molecule has 180 valence electrons. The van der Waals surface area contributed by atoms with Crippen molar-refractivity contribution in [3.8, 4) is 17.2 Å². The molecule has 0 bridgehead atoms. The van der Waals surface area contributed by atoms with E-state index in [0.717, 1.165) is 22.6 Å². The molecule has 0 aromatic heterocycles. The zero-order chi connectivity index (χ0) is 24.6. The lowest BCUT2D eigenvalue weighted by Gasteiger charge is -2.13. The van der Waals surface area contributed by atoms with Crippen molar-refractivity contribution in [3.63, 3.8) is 0 Å². The number of amidine groups is 1. The lowest BCUT2D eigenvalue weighted by molar-refractivity contribution is -0.122. The van der Waals surface area contributed by atoms with Crippen molar-refractivity contribution in [1.82, 2.24) is 4.90 Å². The van der Waals surface area contributed by atoms with E-state index >= 15 is 0 Å². The van der Waals surface area contributed by atoms with Crippen LogP contribution in [0.15, 0.2) is 82.7 Å². The summed E-state index contributed by atoms with van der Waals surface area (Å²) in [4.78, 5) is 20.0. The molecule has 6 nitrogen and oxygen atoms in total. The molecule has 1 saturated heterocycles. The molecule has 0 atom stereocenters. The van der Waals surface area contributed by atoms with Gasteiger partial charge in [0.2, 0.25) is 0 Å². The molecule has 3 aromatic carbocycles. The Morgan fingerprint density at radius 1 is 0.943 bits per heavy atom. The summed E-state index contributed by atoms with van der Waals surface area (Å²) in [6.07, 6.45) is 1.87. The van der Waals surface area contributed by atoms with Gasteiger partial charge in [-0.1, -0.05) is 36.4 Å². The molecule has 1 fully saturated rings. The molecular formula is C28H28N2O4S. The Morgan fingerprint density at radius 3 is 2.40 bits per heavy atom. The standard InChI is InChI=1S/C28H28N2O4S/c1-4-30-27(31)26(35-28(30)29-22-12-14-23(32-3)15-13-22)18-21-11-16-24(25(17-21)33-5-2)34-19-20-9-7-6-8-10-20/h6-18H,4-5,19H2,1-3H3/b26-18+,29-28?. The molecule has 0 aliphatic carbocycles. The highest BCUT2D eigenvalue weighted by Crippen LogP contribution is 2.36. The lowest BCUT2D eigenvalue weighted by atomic mass is 10.1. The fraction of sp³-hybridized carbons (Fsp3) is 0.214. The largest absolute Gasteiger partial charge is 0.497 e. The normalized spacial score (nSPS) is 15.6. The molecule has 0 spiro atoms. The zero-order valence-corrected chi connectivity index (χ0v) is 20.9. The maximum atomic E-state index is 13.1. The number of likely N-dealkylation sites (N-methyl/N-ethyl adjacent to an activating group) is 1. The van der Waals surface area contributed by atoms with Gasteiger partial charge >= 0.3 is 0 Å². The number of carbonyl (C=O) groups is 1. The van der Waals surface area contributed by atoms with E-state index in [9.17, 15) is 4.79 Å². The first-order chi connectivity index (χ1) is 17.1. The summed E-state index contributed by atoms with van der Waals surface area (Å²) in [5.41, 5.74) is 2.70. The van der Waals surface area contributed by atoms with Gasteiger partial charge in [0.05, 0.1) is 24.3 Å². The third kappa shape index (κ3) is 6.05. The second kappa shape index (κ2) is 11.6. The molecule has 3 aromatic rings. The van der Waals surface area contributed by atoms with E-state index in [2.05, 4.69) is 4.99 Å². The van der Waals surface area contributed by atoms with Crippen molar-refractivity contribution in [2.24, 2.45) is 4.99 Å². The molecule has 1 aliphatic rings. The highest BCUT2D eigenvalue weighted by atomic mass is 32.2. The lowest BCUT2D eigenvalue weighted by Crippen LogP contribution is -2.28. The average Bonchev–Trinajstić information content (AvgIpc) is 3.18. The predicted molar refractivity (Wildman–Crippen MR) is 141 cm³/mol. The van der Waals surface area contributed by atoms with Crippen LogP contribution >= 0.6 is 11.8 Å². The molecular weight excluding hydrogens is 460 g/mol. The minimum absolute atomic E-state index is 0.0628. The van der Waals surface area contributed by atoms with E-state index in [1.807, 2.05) is 92.7 Å². The van der Waals surface area contributed by atoms with Crippen molar-refractivity contribution in [2.45, 2.75) is 20.5 Å². The molecule has 1 heterocycles. The molecule has 0 unspecified atom stereocenters. The smallest absolute Gasteiger partial charge is 0.266 e. The number of thioether (sulfide) groups is 1. The van der Waals surface area contributed by atoms with Gasteiger partial charge in [0.1, 0.15) is 12.4 Å². The number of aliphatic imine (C=N–C) groups is 1. The second-order valence-corrected chi connectivity index (χ2v) is 8.68. The predicted octanol–water partition coefficient (Wildman–Crippen LogP) is 6.30. The minimum atomic E-state index is -0.0628. The van der Waals surface area contributed by atoms with Crippen molar-refractivity contribution in [1.29, 1.82) is 0 Å². The van der Waals surface area contributed by atoms with Crippen LogP contribution in [-0.2, 0) is 11.4 Å². The molecule has 0 saturated carbocycles. The Bertz CT molecular complexity index is 1220. The number of amides is 1. The molecule has 35 heavy (non-hydrogen) atoms. The number of rotatable bonds is 9. The number of benzene rings is 3. The van der Waals surface area contributed by atoms with Gasteiger partial charge in [0.15, 0.2) is 16.7 Å². The summed E-state index contributed by atoms with van der Waals surface area (Å²) < 4.78 is 17.0. The van der Waals surface area contributed by atoms with E-state index in [0.29, 0.717) is 41.3 Å².